The second-order valence-corrected chi connectivity index (χ2v) is 6.07. The van der Waals surface area contributed by atoms with Gasteiger partial charge in [0.15, 0.2) is 0 Å². The highest BCUT2D eigenvalue weighted by Gasteiger charge is 2.29. The molecule has 0 saturated heterocycles. The van der Waals surface area contributed by atoms with Gasteiger partial charge in [0.25, 0.3) is 0 Å². The van der Waals surface area contributed by atoms with Gasteiger partial charge >= 0.3 is 5.97 Å². The molecule has 1 aliphatic carbocycles. The van der Waals surface area contributed by atoms with Crippen molar-refractivity contribution in [3.8, 4) is 0 Å². The minimum Gasteiger partial charge on any atom is -0.478 e. The second kappa shape index (κ2) is 4.58. The maximum Gasteiger partial charge on any atom is 0.336 e. The van der Waals surface area contributed by atoms with Gasteiger partial charge in [0.05, 0.1) is 11.1 Å². The van der Waals surface area contributed by atoms with E-state index in [0.717, 1.165) is 40.6 Å². The Kier molecular flexibility index (Phi) is 3.00. The van der Waals surface area contributed by atoms with E-state index in [2.05, 4.69) is 13.8 Å². The average molecular weight is 269 g/mol. The number of pyridine rings is 1. The number of para-hydroxylation sites is 1. The first-order valence-corrected chi connectivity index (χ1v) is 7.14. The Bertz CT molecular complexity index is 706. The highest BCUT2D eigenvalue weighted by molar-refractivity contribution is 6.05. The van der Waals surface area contributed by atoms with Gasteiger partial charge < -0.3 is 5.11 Å². The predicted octanol–water partition coefficient (Wildman–Crippen LogP) is 3.93. The Morgan fingerprint density at radius 2 is 2.10 bits per heavy atom. The van der Waals surface area contributed by atoms with Crippen molar-refractivity contribution in [2.75, 3.05) is 0 Å². The molecule has 0 bridgehead atoms. The number of aromatic nitrogens is 1. The van der Waals surface area contributed by atoms with Crippen molar-refractivity contribution in [1.82, 2.24) is 4.98 Å². The van der Waals surface area contributed by atoms with E-state index in [9.17, 15) is 9.90 Å². The molecule has 0 saturated carbocycles. The molecule has 0 spiro atoms. The van der Waals surface area contributed by atoms with Gasteiger partial charge in [-0.1, -0.05) is 32.0 Å². The number of fused-ring (bicyclic) bond motifs is 2. The number of nitrogens with zero attached hydrogens (tertiary/aromatic N) is 1. The lowest BCUT2D eigenvalue weighted by molar-refractivity contribution is 0.0696. The van der Waals surface area contributed by atoms with Gasteiger partial charge in [-0.2, -0.15) is 0 Å². The summed E-state index contributed by atoms with van der Waals surface area (Å²) < 4.78 is 0. The molecular formula is C17H19NO2. The summed E-state index contributed by atoms with van der Waals surface area (Å²) in [5.74, 6) is -0.00831. The van der Waals surface area contributed by atoms with E-state index in [1.165, 1.54) is 0 Å². The minimum atomic E-state index is -0.833. The zero-order valence-electron chi connectivity index (χ0n) is 12.1. The first kappa shape index (κ1) is 13.1. The number of benzene rings is 1. The molecule has 0 amide bonds. The van der Waals surface area contributed by atoms with E-state index in [0.29, 0.717) is 11.5 Å². The standard InChI is InChI=1S/C17H19NO2/c1-9-7-11(3)14-13(8-9)18-16-10(2)5-4-6-12(16)15(14)17(19)20/h4-6,9,11H,7-8H2,1-3H3,(H,19,20). The highest BCUT2D eigenvalue weighted by Crippen LogP contribution is 2.38. The molecule has 104 valence electrons. The number of carbonyl (C=O) groups is 1. The molecule has 1 aromatic heterocycles. The largest absolute Gasteiger partial charge is 0.478 e. The van der Waals surface area contributed by atoms with Crippen LogP contribution < -0.4 is 0 Å². The van der Waals surface area contributed by atoms with Crippen LogP contribution in [0.4, 0.5) is 0 Å². The first-order chi connectivity index (χ1) is 9.49. The van der Waals surface area contributed by atoms with Gasteiger partial charge in [0.1, 0.15) is 0 Å². The quantitative estimate of drug-likeness (QED) is 0.853. The summed E-state index contributed by atoms with van der Waals surface area (Å²) in [5, 5.41) is 10.5. The summed E-state index contributed by atoms with van der Waals surface area (Å²) in [6.07, 6.45) is 1.91. The lowest BCUT2D eigenvalue weighted by Gasteiger charge is -2.28. The van der Waals surface area contributed by atoms with Crippen molar-refractivity contribution in [3.05, 3.63) is 40.6 Å². The zero-order chi connectivity index (χ0) is 14.4. The van der Waals surface area contributed by atoms with Crippen LogP contribution in [0.2, 0.25) is 0 Å². The second-order valence-electron chi connectivity index (χ2n) is 6.07. The summed E-state index contributed by atoms with van der Waals surface area (Å²) >= 11 is 0. The number of carboxylic acids is 1. The van der Waals surface area contributed by atoms with Crippen molar-refractivity contribution in [3.63, 3.8) is 0 Å². The van der Waals surface area contributed by atoms with Gasteiger partial charge in [-0.05, 0) is 42.7 Å². The van der Waals surface area contributed by atoms with Crippen molar-refractivity contribution in [2.45, 2.75) is 39.5 Å². The van der Waals surface area contributed by atoms with E-state index in [1.54, 1.807) is 0 Å². The lowest BCUT2D eigenvalue weighted by atomic mass is 9.78. The molecule has 1 N–H and O–H groups in total. The van der Waals surface area contributed by atoms with Gasteiger partial charge in [-0.3, -0.25) is 4.98 Å². The van der Waals surface area contributed by atoms with Crippen LogP contribution in [0, 0.1) is 12.8 Å². The highest BCUT2D eigenvalue weighted by atomic mass is 16.4. The van der Waals surface area contributed by atoms with Crippen molar-refractivity contribution < 1.29 is 9.90 Å². The molecule has 2 atom stereocenters. The zero-order valence-corrected chi connectivity index (χ0v) is 12.1. The fourth-order valence-electron chi connectivity index (χ4n) is 3.55. The number of carboxylic acid groups (broad SMARTS) is 1. The Morgan fingerprint density at radius 1 is 1.35 bits per heavy atom. The molecule has 3 rings (SSSR count). The van der Waals surface area contributed by atoms with Crippen molar-refractivity contribution >= 4 is 16.9 Å². The van der Waals surface area contributed by atoms with E-state index in [-0.39, 0.29) is 5.92 Å². The predicted molar refractivity (Wildman–Crippen MR) is 79.3 cm³/mol. The number of rotatable bonds is 1. The van der Waals surface area contributed by atoms with Crippen LogP contribution in [0.25, 0.3) is 10.9 Å². The summed E-state index contributed by atoms with van der Waals surface area (Å²) in [4.78, 5) is 16.6. The molecule has 20 heavy (non-hydrogen) atoms. The molecule has 3 heteroatoms. The summed E-state index contributed by atoms with van der Waals surface area (Å²) in [6, 6.07) is 5.78. The molecule has 0 aliphatic heterocycles. The SMILES string of the molecule is Cc1cccc2c(C(=O)O)c3c(nc12)CC(C)CC3C. The fraction of sp³-hybridized carbons (Fsp3) is 0.412. The smallest absolute Gasteiger partial charge is 0.336 e. The summed E-state index contributed by atoms with van der Waals surface area (Å²) in [7, 11) is 0. The van der Waals surface area contributed by atoms with Crippen LogP contribution in [-0.4, -0.2) is 16.1 Å². The van der Waals surface area contributed by atoms with Crippen LogP contribution in [0.15, 0.2) is 18.2 Å². The molecule has 2 aromatic rings. The average Bonchev–Trinajstić information content (AvgIpc) is 2.37. The number of aromatic carboxylic acids is 1. The van der Waals surface area contributed by atoms with Gasteiger partial charge in [-0.15, -0.1) is 0 Å². The van der Waals surface area contributed by atoms with Crippen LogP contribution in [-0.2, 0) is 6.42 Å². The van der Waals surface area contributed by atoms with Crippen LogP contribution in [0.1, 0.15) is 53.4 Å². The Labute approximate surface area is 118 Å². The molecular weight excluding hydrogens is 250 g/mol. The molecule has 0 fully saturated rings. The van der Waals surface area contributed by atoms with Gasteiger partial charge in [0.2, 0.25) is 0 Å². The number of hydrogen-bond acceptors (Lipinski definition) is 2. The maximum atomic E-state index is 11.8. The molecule has 3 nitrogen and oxygen atoms in total. The topological polar surface area (TPSA) is 50.2 Å². The van der Waals surface area contributed by atoms with E-state index < -0.39 is 5.97 Å². The first-order valence-electron chi connectivity index (χ1n) is 7.14. The molecule has 1 aliphatic rings. The molecule has 1 heterocycles. The Balaban J connectivity index is 2.43. The number of aryl methyl sites for hydroxylation is 1. The maximum absolute atomic E-state index is 11.8. The normalized spacial score (nSPS) is 21.8. The molecule has 1 aromatic carbocycles. The third kappa shape index (κ3) is 1.89. The third-order valence-corrected chi connectivity index (χ3v) is 4.34. The van der Waals surface area contributed by atoms with E-state index >= 15 is 0 Å². The lowest BCUT2D eigenvalue weighted by Crippen LogP contribution is -2.20. The van der Waals surface area contributed by atoms with Crippen LogP contribution >= 0.6 is 0 Å². The van der Waals surface area contributed by atoms with Crippen molar-refractivity contribution in [2.24, 2.45) is 5.92 Å². The minimum absolute atomic E-state index is 0.261. The summed E-state index contributed by atoms with van der Waals surface area (Å²) in [5.41, 5.74) is 4.28. The van der Waals surface area contributed by atoms with Gasteiger partial charge in [-0.25, -0.2) is 4.79 Å². The molecule has 0 radical (unpaired) electrons. The Morgan fingerprint density at radius 3 is 2.80 bits per heavy atom. The van der Waals surface area contributed by atoms with Gasteiger partial charge in [0, 0.05) is 11.1 Å². The third-order valence-electron chi connectivity index (χ3n) is 4.34. The van der Waals surface area contributed by atoms with Crippen LogP contribution in [0.3, 0.4) is 0 Å². The van der Waals surface area contributed by atoms with E-state index in [4.69, 9.17) is 4.98 Å². The van der Waals surface area contributed by atoms with E-state index in [1.807, 2.05) is 25.1 Å². The summed E-state index contributed by atoms with van der Waals surface area (Å²) in [6.45, 7) is 6.32. The van der Waals surface area contributed by atoms with Crippen LogP contribution in [0.5, 0.6) is 0 Å². The Hall–Kier alpha value is -1.90. The molecule has 2 unspecified atom stereocenters. The number of hydrogen-bond donors (Lipinski definition) is 1. The van der Waals surface area contributed by atoms with Crippen molar-refractivity contribution in [1.29, 1.82) is 0 Å². The monoisotopic (exact) mass is 269 g/mol. The fourth-order valence-corrected chi connectivity index (χ4v) is 3.55.